The molecule has 1 amide bonds. The monoisotopic (exact) mass is 547 g/mol. The second-order valence-electron chi connectivity index (χ2n) is 10.6. The summed E-state index contributed by atoms with van der Waals surface area (Å²) in [5.41, 5.74) is 7.94. The van der Waals surface area contributed by atoms with Gasteiger partial charge in [-0.15, -0.1) is 0 Å². The molecule has 0 aliphatic carbocycles. The van der Waals surface area contributed by atoms with E-state index in [1.165, 1.54) is 0 Å². The first-order chi connectivity index (χ1) is 20.0. The Morgan fingerprint density at radius 1 is 0.927 bits per heavy atom. The van der Waals surface area contributed by atoms with Gasteiger partial charge in [0.15, 0.2) is 0 Å². The fourth-order valence-corrected chi connectivity index (χ4v) is 6.32. The SMILES string of the molecule is CCCN1C(=O)c2ccccc2C12c1cc(C)c(NCC)cc1Oc1cc(NCC)c(/C=N/Cc3ccc[nH]3)cc12. The smallest absolute Gasteiger partial charge is 0.255 e. The van der Waals surface area contributed by atoms with Gasteiger partial charge in [0.25, 0.3) is 5.91 Å². The summed E-state index contributed by atoms with van der Waals surface area (Å²) < 4.78 is 6.72. The molecule has 2 aliphatic rings. The number of aliphatic imine (C=N–C) groups is 1. The van der Waals surface area contributed by atoms with Crippen LogP contribution in [0.1, 0.15) is 71.1 Å². The summed E-state index contributed by atoms with van der Waals surface area (Å²) in [5.74, 6) is 1.56. The number of ether oxygens (including phenoxy) is 1. The number of anilines is 2. The van der Waals surface area contributed by atoms with Gasteiger partial charge in [-0.25, -0.2) is 0 Å². The molecule has 0 bridgehead atoms. The van der Waals surface area contributed by atoms with Crippen LogP contribution in [0, 0.1) is 6.92 Å². The topological polar surface area (TPSA) is 81.8 Å². The van der Waals surface area contributed by atoms with Gasteiger partial charge in [-0.3, -0.25) is 9.79 Å². The van der Waals surface area contributed by atoms with E-state index in [0.29, 0.717) is 13.1 Å². The fourth-order valence-electron chi connectivity index (χ4n) is 6.32. The number of nitrogens with one attached hydrogen (secondary N) is 3. The predicted octanol–water partition coefficient (Wildman–Crippen LogP) is 7.07. The van der Waals surface area contributed by atoms with Crippen molar-refractivity contribution in [2.45, 2.75) is 46.2 Å². The molecule has 0 fully saturated rings. The first kappa shape index (κ1) is 26.7. The first-order valence-corrected chi connectivity index (χ1v) is 14.6. The third kappa shape index (κ3) is 4.27. The van der Waals surface area contributed by atoms with E-state index in [9.17, 15) is 4.79 Å². The van der Waals surface area contributed by atoms with E-state index in [2.05, 4.69) is 78.5 Å². The highest BCUT2D eigenvalue weighted by molar-refractivity contribution is 6.03. The largest absolute Gasteiger partial charge is 0.456 e. The van der Waals surface area contributed by atoms with Crippen molar-refractivity contribution >= 4 is 23.5 Å². The summed E-state index contributed by atoms with van der Waals surface area (Å²) in [4.78, 5) is 24.2. The maximum atomic E-state index is 14.1. The van der Waals surface area contributed by atoms with Crippen LogP contribution in [0.5, 0.6) is 11.5 Å². The normalized spacial score (nSPS) is 17.0. The lowest BCUT2D eigenvalue weighted by atomic mass is 9.73. The van der Waals surface area contributed by atoms with Crippen molar-refractivity contribution in [1.29, 1.82) is 0 Å². The minimum absolute atomic E-state index is 0.0485. The minimum atomic E-state index is -0.825. The molecule has 210 valence electrons. The van der Waals surface area contributed by atoms with Crippen molar-refractivity contribution in [2.24, 2.45) is 4.99 Å². The van der Waals surface area contributed by atoms with Crippen LogP contribution in [-0.4, -0.2) is 41.6 Å². The number of aromatic amines is 1. The summed E-state index contributed by atoms with van der Waals surface area (Å²) in [6.07, 6.45) is 4.67. The number of hydrogen-bond acceptors (Lipinski definition) is 5. The van der Waals surface area contributed by atoms with Crippen molar-refractivity contribution in [1.82, 2.24) is 9.88 Å². The van der Waals surface area contributed by atoms with Crippen molar-refractivity contribution < 1.29 is 9.53 Å². The average molecular weight is 548 g/mol. The Balaban J connectivity index is 1.63. The molecule has 1 spiro atoms. The summed E-state index contributed by atoms with van der Waals surface area (Å²) in [6, 6.07) is 20.6. The Hall–Kier alpha value is -4.52. The molecule has 6 rings (SSSR count). The maximum Gasteiger partial charge on any atom is 0.255 e. The van der Waals surface area contributed by atoms with Crippen LogP contribution in [0.2, 0.25) is 0 Å². The number of benzene rings is 3. The summed E-state index contributed by atoms with van der Waals surface area (Å²) in [6.45, 7) is 11.1. The molecule has 0 saturated heterocycles. The highest BCUT2D eigenvalue weighted by Gasteiger charge is 2.56. The van der Waals surface area contributed by atoms with Gasteiger partial charge in [-0.1, -0.05) is 25.1 Å². The van der Waals surface area contributed by atoms with Crippen LogP contribution in [0.3, 0.4) is 0 Å². The number of carbonyl (C=O) groups is 1. The second kappa shape index (κ2) is 10.8. The number of hydrogen-bond donors (Lipinski definition) is 3. The molecule has 0 saturated carbocycles. The van der Waals surface area contributed by atoms with Gasteiger partial charge >= 0.3 is 0 Å². The Morgan fingerprint density at radius 3 is 2.39 bits per heavy atom. The maximum absolute atomic E-state index is 14.1. The number of rotatable bonds is 9. The molecule has 3 heterocycles. The Kier molecular flexibility index (Phi) is 7.03. The molecule has 0 radical (unpaired) electrons. The van der Waals surface area contributed by atoms with E-state index in [-0.39, 0.29) is 5.91 Å². The highest BCUT2D eigenvalue weighted by atomic mass is 16.5. The van der Waals surface area contributed by atoms with Gasteiger partial charge in [0, 0.05) is 83.5 Å². The van der Waals surface area contributed by atoms with E-state index in [1.807, 2.05) is 42.7 Å². The van der Waals surface area contributed by atoms with Gasteiger partial charge in [-0.2, -0.15) is 0 Å². The molecular weight excluding hydrogens is 510 g/mol. The number of amides is 1. The van der Waals surface area contributed by atoms with E-state index < -0.39 is 5.54 Å². The molecule has 3 aromatic carbocycles. The number of aromatic nitrogens is 1. The van der Waals surface area contributed by atoms with Crippen LogP contribution >= 0.6 is 0 Å². The molecule has 1 atom stereocenters. The fraction of sp³-hybridized carbons (Fsp3) is 0.294. The number of nitrogens with zero attached hydrogens (tertiary/aromatic N) is 2. The second-order valence-corrected chi connectivity index (χ2v) is 10.6. The van der Waals surface area contributed by atoms with Crippen LogP contribution < -0.4 is 15.4 Å². The molecule has 2 aliphatic heterocycles. The molecular formula is C34H37N5O2. The minimum Gasteiger partial charge on any atom is -0.456 e. The van der Waals surface area contributed by atoms with E-state index >= 15 is 0 Å². The third-order valence-corrected chi connectivity index (χ3v) is 8.01. The van der Waals surface area contributed by atoms with Gasteiger partial charge in [0.1, 0.15) is 17.0 Å². The predicted molar refractivity (Wildman–Crippen MR) is 166 cm³/mol. The van der Waals surface area contributed by atoms with Crippen LogP contribution in [-0.2, 0) is 12.1 Å². The van der Waals surface area contributed by atoms with Crippen molar-refractivity contribution in [3.05, 3.63) is 106 Å². The van der Waals surface area contributed by atoms with E-state index in [4.69, 9.17) is 9.73 Å². The molecule has 3 N–H and O–H groups in total. The number of aryl methyl sites for hydroxylation is 1. The number of H-pyrrole nitrogens is 1. The highest BCUT2D eigenvalue weighted by Crippen LogP contribution is 2.58. The quantitative estimate of drug-likeness (QED) is 0.196. The standard InChI is InChI=1S/C34H37N5O2/c1-5-15-39-33(40)25-12-8-9-13-26(25)34(39)27-16-22(4)29(36-6-2)18-31(27)41-32-19-30(37-7-3)23(17-28(32)34)20-35-21-24-11-10-14-38-24/h8-14,16-20,36-38H,5-7,15,21H2,1-4H3/b35-20+. The molecule has 1 unspecified atom stereocenters. The number of fused-ring (bicyclic) bond motifs is 6. The molecule has 4 aromatic rings. The third-order valence-electron chi connectivity index (χ3n) is 8.01. The van der Waals surface area contributed by atoms with Gasteiger partial charge in [0.05, 0.1) is 6.54 Å². The van der Waals surface area contributed by atoms with Gasteiger partial charge < -0.3 is 25.3 Å². The van der Waals surface area contributed by atoms with Crippen LogP contribution in [0.15, 0.2) is 71.9 Å². The van der Waals surface area contributed by atoms with Crippen molar-refractivity contribution in [3.63, 3.8) is 0 Å². The zero-order valence-electron chi connectivity index (χ0n) is 24.2. The Labute approximate surface area is 241 Å². The lowest BCUT2D eigenvalue weighted by molar-refractivity contribution is 0.0665. The molecule has 41 heavy (non-hydrogen) atoms. The van der Waals surface area contributed by atoms with Crippen LogP contribution in [0.25, 0.3) is 0 Å². The Morgan fingerprint density at radius 2 is 1.66 bits per heavy atom. The molecule has 1 aromatic heterocycles. The lowest BCUT2D eigenvalue weighted by Crippen LogP contribution is -2.47. The lowest BCUT2D eigenvalue weighted by Gasteiger charge is -2.45. The average Bonchev–Trinajstić information content (AvgIpc) is 3.57. The molecule has 7 nitrogen and oxygen atoms in total. The van der Waals surface area contributed by atoms with Gasteiger partial charge in [-0.05, 0) is 68.7 Å². The summed E-state index contributed by atoms with van der Waals surface area (Å²) >= 11 is 0. The summed E-state index contributed by atoms with van der Waals surface area (Å²) in [5, 5.41) is 6.98. The van der Waals surface area contributed by atoms with Crippen LogP contribution in [0.4, 0.5) is 11.4 Å². The summed E-state index contributed by atoms with van der Waals surface area (Å²) in [7, 11) is 0. The molecule has 7 heteroatoms. The van der Waals surface area contributed by atoms with Crippen molar-refractivity contribution in [2.75, 3.05) is 30.3 Å². The van der Waals surface area contributed by atoms with E-state index in [1.54, 1.807) is 0 Å². The first-order valence-electron chi connectivity index (χ1n) is 14.6. The zero-order chi connectivity index (χ0) is 28.6. The Bertz CT molecular complexity index is 1620. The van der Waals surface area contributed by atoms with Crippen molar-refractivity contribution in [3.8, 4) is 11.5 Å². The number of carbonyl (C=O) groups excluding carboxylic acids is 1. The van der Waals surface area contributed by atoms with E-state index in [0.717, 1.165) is 81.5 Å². The zero-order valence-corrected chi connectivity index (χ0v) is 24.2. The van der Waals surface area contributed by atoms with Gasteiger partial charge in [0.2, 0.25) is 0 Å².